The Bertz CT molecular complexity index is 204. The van der Waals surface area contributed by atoms with E-state index in [1.54, 1.807) is 0 Å². The van der Waals surface area contributed by atoms with Crippen LogP contribution >= 0.6 is 0 Å². The van der Waals surface area contributed by atoms with Crippen molar-refractivity contribution in [3.63, 3.8) is 0 Å². The van der Waals surface area contributed by atoms with Crippen LogP contribution in [0.4, 0.5) is 0 Å². The SMILES string of the molecule is C/C=C/C1CCC(/C=C/C(C)CC)CC1. The van der Waals surface area contributed by atoms with Crippen molar-refractivity contribution in [2.75, 3.05) is 0 Å². The summed E-state index contributed by atoms with van der Waals surface area (Å²) in [6, 6.07) is 0. The summed E-state index contributed by atoms with van der Waals surface area (Å²) < 4.78 is 0. The van der Waals surface area contributed by atoms with Gasteiger partial charge in [-0.15, -0.1) is 0 Å². The molecule has 0 bridgehead atoms. The molecule has 0 aromatic carbocycles. The van der Waals surface area contributed by atoms with E-state index < -0.39 is 0 Å². The Kier molecular flexibility index (Phi) is 5.75. The van der Waals surface area contributed by atoms with Crippen molar-refractivity contribution in [3.05, 3.63) is 24.3 Å². The van der Waals surface area contributed by atoms with Gasteiger partial charge in [-0.1, -0.05) is 44.6 Å². The standard InChI is InChI=1S/C15H26/c1-4-6-14-9-11-15(12-10-14)8-7-13(3)5-2/h4,6-8,13-15H,5,9-12H2,1-3H3/b6-4+,8-7+. The second-order valence-electron chi connectivity index (χ2n) is 4.97. The number of hydrogen-bond donors (Lipinski definition) is 0. The van der Waals surface area contributed by atoms with Crippen molar-refractivity contribution >= 4 is 0 Å². The molecule has 0 aliphatic heterocycles. The van der Waals surface area contributed by atoms with E-state index in [2.05, 4.69) is 45.1 Å². The van der Waals surface area contributed by atoms with Crippen LogP contribution in [0.2, 0.25) is 0 Å². The fraction of sp³-hybridized carbons (Fsp3) is 0.733. The van der Waals surface area contributed by atoms with Crippen LogP contribution in [0.25, 0.3) is 0 Å². The topological polar surface area (TPSA) is 0 Å². The van der Waals surface area contributed by atoms with Crippen LogP contribution in [0.3, 0.4) is 0 Å². The first-order chi connectivity index (χ1) is 7.26. The highest BCUT2D eigenvalue weighted by Crippen LogP contribution is 2.30. The molecule has 0 heteroatoms. The van der Waals surface area contributed by atoms with Crippen molar-refractivity contribution in [2.24, 2.45) is 17.8 Å². The van der Waals surface area contributed by atoms with Crippen molar-refractivity contribution in [1.82, 2.24) is 0 Å². The molecule has 1 saturated carbocycles. The van der Waals surface area contributed by atoms with Gasteiger partial charge in [-0.05, 0) is 50.4 Å². The molecule has 86 valence electrons. The molecule has 0 spiro atoms. The van der Waals surface area contributed by atoms with Gasteiger partial charge in [0, 0.05) is 0 Å². The van der Waals surface area contributed by atoms with Crippen molar-refractivity contribution in [2.45, 2.75) is 52.9 Å². The molecule has 0 aromatic heterocycles. The molecule has 0 amide bonds. The highest BCUT2D eigenvalue weighted by molar-refractivity contribution is 4.96. The minimum Gasteiger partial charge on any atom is -0.0914 e. The highest BCUT2D eigenvalue weighted by Gasteiger charge is 2.16. The van der Waals surface area contributed by atoms with Gasteiger partial charge in [0.2, 0.25) is 0 Å². The predicted octanol–water partition coefficient (Wildman–Crippen LogP) is 4.97. The molecule has 0 radical (unpaired) electrons. The van der Waals surface area contributed by atoms with Gasteiger partial charge in [0.25, 0.3) is 0 Å². The lowest BCUT2D eigenvalue weighted by atomic mass is 9.81. The zero-order valence-electron chi connectivity index (χ0n) is 10.6. The lowest BCUT2D eigenvalue weighted by Crippen LogP contribution is -2.11. The first-order valence-electron chi connectivity index (χ1n) is 6.57. The summed E-state index contributed by atoms with van der Waals surface area (Å²) in [5.74, 6) is 2.49. The molecule has 1 unspecified atom stereocenters. The summed E-state index contributed by atoms with van der Waals surface area (Å²) in [4.78, 5) is 0. The molecule has 0 N–H and O–H groups in total. The third-order valence-electron chi connectivity index (χ3n) is 3.64. The predicted molar refractivity (Wildman–Crippen MR) is 68.9 cm³/mol. The summed E-state index contributed by atoms with van der Waals surface area (Å²) in [5, 5.41) is 0. The van der Waals surface area contributed by atoms with Crippen LogP contribution in [-0.2, 0) is 0 Å². The van der Waals surface area contributed by atoms with E-state index in [-0.39, 0.29) is 0 Å². The van der Waals surface area contributed by atoms with Gasteiger partial charge in [0.1, 0.15) is 0 Å². The van der Waals surface area contributed by atoms with Crippen LogP contribution in [0.15, 0.2) is 24.3 Å². The molecule has 0 nitrogen and oxygen atoms in total. The van der Waals surface area contributed by atoms with E-state index in [1.165, 1.54) is 32.1 Å². The molecule has 0 aromatic rings. The van der Waals surface area contributed by atoms with Crippen LogP contribution in [0.5, 0.6) is 0 Å². The maximum atomic E-state index is 2.47. The van der Waals surface area contributed by atoms with Crippen LogP contribution in [0, 0.1) is 17.8 Å². The Hall–Kier alpha value is -0.520. The quantitative estimate of drug-likeness (QED) is 0.570. The van der Waals surface area contributed by atoms with E-state index in [0.29, 0.717) is 0 Å². The Balaban J connectivity index is 2.28. The van der Waals surface area contributed by atoms with Crippen LogP contribution in [-0.4, -0.2) is 0 Å². The zero-order valence-corrected chi connectivity index (χ0v) is 10.6. The van der Waals surface area contributed by atoms with Gasteiger partial charge in [-0.3, -0.25) is 0 Å². The van der Waals surface area contributed by atoms with Crippen molar-refractivity contribution in [3.8, 4) is 0 Å². The summed E-state index contributed by atoms with van der Waals surface area (Å²) in [6.07, 6.45) is 16.3. The lowest BCUT2D eigenvalue weighted by molar-refractivity contribution is 0.355. The van der Waals surface area contributed by atoms with E-state index >= 15 is 0 Å². The smallest absolute Gasteiger partial charge is 0.0233 e. The third-order valence-corrected chi connectivity index (χ3v) is 3.64. The van der Waals surface area contributed by atoms with E-state index in [9.17, 15) is 0 Å². The molecule has 1 aliphatic rings. The average Bonchev–Trinajstić information content (AvgIpc) is 2.28. The van der Waals surface area contributed by atoms with Gasteiger partial charge in [-0.25, -0.2) is 0 Å². The molecular formula is C15H26. The fourth-order valence-electron chi connectivity index (χ4n) is 2.28. The highest BCUT2D eigenvalue weighted by atomic mass is 14.2. The minimum atomic E-state index is 0.762. The maximum Gasteiger partial charge on any atom is -0.0233 e. The Morgan fingerprint density at radius 2 is 1.60 bits per heavy atom. The molecule has 1 aliphatic carbocycles. The average molecular weight is 206 g/mol. The molecular weight excluding hydrogens is 180 g/mol. The maximum absolute atomic E-state index is 2.47. The molecule has 15 heavy (non-hydrogen) atoms. The zero-order chi connectivity index (χ0) is 11.1. The first-order valence-corrected chi connectivity index (χ1v) is 6.57. The molecule has 1 fully saturated rings. The normalized spacial score (nSPS) is 30.1. The Morgan fingerprint density at radius 3 is 2.07 bits per heavy atom. The first kappa shape index (κ1) is 12.5. The van der Waals surface area contributed by atoms with E-state index in [0.717, 1.165) is 17.8 Å². The van der Waals surface area contributed by atoms with Crippen molar-refractivity contribution in [1.29, 1.82) is 0 Å². The monoisotopic (exact) mass is 206 g/mol. The second-order valence-corrected chi connectivity index (χ2v) is 4.97. The van der Waals surface area contributed by atoms with Gasteiger partial charge in [0.05, 0.1) is 0 Å². The molecule has 1 atom stereocenters. The summed E-state index contributed by atoms with van der Waals surface area (Å²) >= 11 is 0. The van der Waals surface area contributed by atoms with Gasteiger partial charge in [0.15, 0.2) is 0 Å². The van der Waals surface area contributed by atoms with Gasteiger partial charge >= 0.3 is 0 Å². The van der Waals surface area contributed by atoms with Gasteiger partial charge in [-0.2, -0.15) is 0 Å². The lowest BCUT2D eigenvalue weighted by Gasteiger charge is -2.24. The molecule has 0 saturated heterocycles. The molecule has 0 heterocycles. The summed E-state index contributed by atoms with van der Waals surface area (Å²) in [6.45, 7) is 6.70. The summed E-state index contributed by atoms with van der Waals surface area (Å²) in [5.41, 5.74) is 0. The number of hydrogen-bond acceptors (Lipinski definition) is 0. The summed E-state index contributed by atoms with van der Waals surface area (Å²) in [7, 11) is 0. The second kappa shape index (κ2) is 6.87. The van der Waals surface area contributed by atoms with Crippen LogP contribution in [0.1, 0.15) is 52.9 Å². The van der Waals surface area contributed by atoms with Crippen LogP contribution < -0.4 is 0 Å². The van der Waals surface area contributed by atoms with E-state index in [4.69, 9.17) is 0 Å². The Labute approximate surface area is 95.5 Å². The van der Waals surface area contributed by atoms with Gasteiger partial charge < -0.3 is 0 Å². The molecule has 1 rings (SSSR count). The Morgan fingerprint density at radius 1 is 1.07 bits per heavy atom. The number of allylic oxidation sites excluding steroid dienone is 4. The fourth-order valence-corrected chi connectivity index (χ4v) is 2.28. The van der Waals surface area contributed by atoms with Crippen molar-refractivity contribution < 1.29 is 0 Å². The number of rotatable bonds is 4. The third kappa shape index (κ3) is 4.68. The largest absolute Gasteiger partial charge is 0.0914 e. The minimum absolute atomic E-state index is 0.762. The van der Waals surface area contributed by atoms with E-state index in [1.807, 2.05) is 0 Å².